The topological polar surface area (TPSA) is 0 Å². The Hall–Kier alpha value is -0.00506. The first-order chi connectivity index (χ1) is 2.91. The smallest absolute Gasteiger partial charge is 0.123 e. The first-order valence-corrected chi connectivity index (χ1v) is 2.47. The van der Waals surface area contributed by atoms with E-state index >= 15 is 0 Å². The van der Waals surface area contributed by atoms with Gasteiger partial charge in [0.05, 0.1) is 6.67 Å². The van der Waals surface area contributed by atoms with E-state index in [1.165, 1.54) is 0 Å². The van der Waals surface area contributed by atoms with E-state index in [4.69, 9.17) is 0 Å². The fraction of sp³-hybridized carbons (Fsp3) is 1.00. The zero-order valence-electron chi connectivity index (χ0n) is 4.21. The highest BCUT2D eigenvalue weighted by molar-refractivity contribution is 6.35. The Kier molecular flexibility index (Phi) is 4.99. The normalized spacial score (nSPS) is 8.33. The van der Waals surface area contributed by atoms with E-state index < -0.39 is 0 Å². The fourth-order valence-electron chi connectivity index (χ4n) is 0.344. The van der Waals surface area contributed by atoms with E-state index in [1.807, 2.05) is 0 Å². The number of halogens is 1. The molecule has 6 heavy (non-hydrogen) atoms. The second-order valence-electron chi connectivity index (χ2n) is 1.40. The molecule has 0 aromatic carbocycles. The lowest BCUT2D eigenvalue weighted by Crippen LogP contribution is -1.84. The van der Waals surface area contributed by atoms with Gasteiger partial charge in [-0.3, -0.25) is 4.39 Å². The molecule has 0 nitrogen and oxygen atoms in total. The van der Waals surface area contributed by atoms with E-state index in [9.17, 15) is 4.39 Å². The zero-order chi connectivity index (χ0) is 4.83. The number of rotatable bonds is 3. The van der Waals surface area contributed by atoms with Crippen molar-refractivity contribution >= 4 is 7.28 Å². The van der Waals surface area contributed by atoms with Crippen molar-refractivity contribution in [1.29, 1.82) is 0 Å². The van der Waals surface area contributed by atoms with Crippen LogP contribution in [0.2, 0.25) is 12.6 Å². The molecule has 0 aliphatic rings. The van der Waals surface area contributed by atoms with Crippen molar-refractivity contribution in [1.82, 2.24) is 0 Å². The summed E-state index contributed by atoms with van der Waals surface area (Å²) in [4.78, 5) is 0. The Labute approximate surface area is 39.0 Å². The molecule has 0 fully saturated rings. The zero-order valence-corrected chi connectivity index (χ0v) is 4.21. The third-order valence-electron chi connectivity index (χ3n) is 0.737. The van der Waals surface area contributed by atoms with Crippen LogP contribution in [0, 0.1) is 0 Å². The van der Waals surface area contributed by atoms with Crippen LogP contribution >= 0.6 is 0 Å². The van der Waals surface area contributed by atoms with Gasteiger partial charge in [-0.05, 0) is 6.32 Å². The molecule has 0 N–H and O–H groups in total. The molecule has 36 valence electrons. The quantitative estimate of drug-likeness (QED) is 0.359. The molecule has 0 heterocycles. The highest BCUT2D eigenvalue weighted by Crippen LogP contribution is 1.82. The van der Waals surface area contributed by atoms with Crippen molar-refractivity contribution in [2.24, 2.45) is 0 Å². The Morgan fingerprint density at radius 3 is 2.50 bits per heavy atom. The lowest BCUT2D eigenvalue weighted by atomic mass is 9.72. The highest BCUT2D eigenvalue weighted by Gasteiger charge is 1.81. The summed E-state index contributed by atoms with van der Waals surface area (Å²) in [6.45, 7) is 1.92. The average Bonchev–Trinajstić information content (AvgIpc) is 1.61. The van der Waals surface area contributed by atoms with E-state index in [1.54, 1.807) is 0 Å². The molecule has 0 aromatic heterocycles. The Balaban J connectivity index is 2.34. The van der Waals surface area contributed by atoms with E-state index in [0.717, 1.165) is 19.9 Å². The predicted octanol–water partition coefficient (Wildman–Crippen LogP) is 1.25. The van der Waals surface area contributed by atoms with Crippen molar-refractivity contribution in [3.8, 4) is 0 Å². The number of hydrogen-bond donors (Lipinski definition) is 0. The molecule has 0 saturated heterocycles. The maximum absolute atomic E-state index is 11.2. The van der Waals surface area contributed by atoms with Gasteiger partial charge in [0.15, 0.2) is 0 Å². The minimum atomic E-state index is -0.145. The molecule has 0 aromatic rings. The van der Waals surface area contributed by atoms with Crippen LogP contribution in [0.1, 0.15) is 6.92 Å². The molecule has 0 aliphatic heterocycles. The van der Waals surface area contributed by atoms with Crippen molar-refractivity contribution in [2.45, 2.75) is 19.6 Å². The summed E-state index contributed by atoms with van der Waals surface area (Å²) in [7, 11) is 1.04. The molecule has 0 saturated carbocycles. The Morgan fingerprint density at radius 1 is 1.67 bits per heavy atom. The highest BCUT2D eigenvalue weighted by atomic mass is 19.1. The van der Waals surface area contributed by atoms with Gasteiger partial charge in [-0.15, -0.1) is 0 Å². The summed E-state index contributed by atoms with van der Waals surface area (Å²) in [6.07, 6.45) is 1.86. The van der Waals surface area contributed by atoms with Crippen LogP contribution in [0.15, 0.2) is 0 Å². The minimum absolute atomic E-state index is 0.145. The van der Waals surface area contributed by atoms with Gasteiger partial charge in [-0.25, -0.2) is 0 Å². The van der Waals surface area contributed by atoms with Gasteiger partial charge < -0.3 is 0 Å². The van der Waals surface area contributed by atoms with Crippen molar-refractivity contribution in [3.05, 3.63) is 0 Å². The van der Waals surface area contributed by atoms with E-state index in [0.29, 0.717) is 0 Å². The average molecular weight is 87.9 g/mol. The van der Waals surface area contributed by atoms with Gasteiger partial charge in [0, 0.05) is 0 Å². The monoisotopic (exact) mass is 88.1 g/mol. The molecule has 0 rings (SSSR count). The molecule has 0 aliphatic carbocycles. The maximum Gasteiger partial charge on any atom is 0.123 e. The molecule has 0 unspecified atom stereocenters. The van der Waals surface area contributed by atoms with Gasteiger partial charge in [0.1, 0.15) is 7.28 Å². The van der Waals surface area contributed by atoms with E-state index in [-0.39, 0.29) is 6.67 Å². The SMILES string of the molecule is CCBCCF. The molecule has 0 spiro atoms. The molecule has 0 amide bonds. The van der Waals surface area contributed by atoms with E-state index in [2.05, 4.69) is 6.92 Å². The van der Waals surface area contributed by atoms with Crippen molar-refractivity contribution in [2.75, 3.05) is 6.67 Å². The fourth-order valence-corrected chi connectivity index (χ4v) is 0.344. The standard InChI is InChI=1S/C4H10BF/c1-2-5-3-4-6/h5H,2-4H2,1H3. The van der Waals surface area contributed by atoms with Gasteiger partial charge >= 0.3 is 0 Å². The summed E-state index contributed by atoms with van der Waals surface area (Å²) >= 11 is 0. The molecule has 0 atom stereocenters. The molecule has 0 bridgehead atoms. The number of alkyl halides is 1. The van der Waals surface area contributed by atoms with Gasteiger partial charge in [0.2, 0.25) is 0 Å². The molecule has 2 heteroatoms. The van der Waals surface area contributed by atoms with Crippen molar-refractivity contribution < 1.29 is 4.39 Å². The minimum Gasteiger partial charge on any atom is -0.252 e. The Morgan fingerprint density at radius 2 is 2.33 bits per heavy atom. The summed E-state index contributed by atoms with van der Waals surface area (Å²) in [5.74, 6) is 0. The first kappa shape index (κ1) is 5.99. The first-order valence-electron chi connectivity index (χ1n) is 2.47. The lowest BCUT2D eigenvalue weighted by Gasteiger charge is -1.80. The lowest BCUT2D eigenvalue weighted by molar-refractivity contribution is 0.525. The van der Waals surface area contributed by atoms with Crippen LogP contribution in [0.4, 0.5) is 4.39 Å². The van der Waals surface area contributed by atoms with Crippen LogP contribution in [0.3, 0.4) is 0 Å². The van der Waals surface area contributed by atoms with Crippen LogP contribution in [0.5, 0.6) is 0 Å². The van der Waals surface area contributed by atoms with Crippen molar-refractivity contribution in [3.63, 3.8) is 0 Å². The summed E-state index contributed by atoms with van der Waals surface area (Å²) in [5, 5.41) is 0. The predicted molar refractivity (Wildman–Crippen MR) is 28.4 cm³/mol. The second-order valence-corrected chi connectivity index (χ2v) is 1.40. The van der Waals surface area contributed by atoms with Gasteiger partial charge in [-0.1, -0.05) is 13.2 Å². The number of hydrogen-bond acceptors (Lipinski definition) is 0. The summed E-state index contributed by atoms with van der Waals surface area (Å²) < 4.78 is 11.2. The van der Waals surface area contributed by atoms with Gasteiger partial charge in [0.25, 0.3) is 0 Å². The van der Waals surface area contributed by atoms with Crippen LogP contribution in [-0.2, 0) is 0 Å². The van der Waals surface area contributed by atoms with Crippen LogP contribution in [-0.4, -0.2) is 14.0 Å². The van der Waals surface area contributed by atoms with Crippen LogP contribution < -0.4 is 0 Å². The molecule has 0 radical (unpaired) electrons. The summed E-state index contributed by atoms with van der Waals surface area (Å²) in [5.41, 5.74) is 0. The molecular formula is C4H10BF. The van der Waals surface area contributed by atoms with Gasteiger partial charge in [-0.2, -0.15) is 0 Å². The second kappa shape index (κ2) is 4.99. The third kappa shape index (κ3) is 3.99. The maximum atomic E-state index is 11.2. The third-order valence-corrected chi connectivity index (χ3v) is 0.737. The van der Waals surface area contributed by atoms with Crippen LogP contribution in [0.25, 0.3) is 0 Å². The molecular weight excluding hydrogens is 77.9 g/mol. The Bertz CT molecular complexity index is 19.5. The largest absolute Gasteiger partial charge is 0.252 e. The summed E-state index contributed by atoms with van der Waals surface area (Å²) in [6, 6.07) is 0.